The summed E-state index contributed by atoms with van der Waals surface area (Å²) in [5.74, 6) is -0.0560. The van der Waals surface area contributed by atoms with Gasteiger partial charge in [0.25, 0.3) is 5.91 Å². The SMILES string of the molecule is CC(N)C1CN(C(=O)c2cn(C)cn2)CCO1. The van der Waals surface area contributed by atoms with Gasteiger partial charge in [-0.05, 0) is 6.92 Å². The lowest BCUT2D eigenvalue weighted by Crippen LogP contribution is -2.51. The van der Waals surface area contributed by atoms with E-state index in [2.05, 4.69) is 4.98 Å². The van der Waals surface area contributed by atoms with Gasteiger partial charge in [0.2, 0.25) is 0 Å². The van der Waals surface area contributed by atoms with E-state index >= 15 is 0 Å². The Kier molecular flexibility index (Phi) is 3.44. The summed E-state index contributed by atoms with van der Waals surface area (Å²) in [6.45, 7) is 3.55. The lowest BCUT2D eigenvalue weighted by molar-refractivity contribution is -0.0301. The first-order valence-corrected chi connectivity index (χ1v) is 5.72. The summed E-state index contributed by atoms with van der Waals surface area (Å²) in [6.07, 6.45) is 3.26. The molecule has 0 bridgehead atoms. The maximum atomic E-state index is 12.1. The van der Waals surface area contributed by atoms with Crippen molar-refractivity contribution in [2.24, 2.45) is 12.8 Å². The molecule has 0 aromatic carbocycles. The fourth-order valence-corrected chi connectivity index (χ4v) is 1.86. The zero-order valence-electron chi connectivity index (χ0n) is 10.2. The smallest absolute Gasteiger partial charge is 0.274 e. The molecule has 6 heteroatoms. The van der Waals surface area contributed by atoms with E-state index in [-0.39, 0.29) is 18.1 Å². The van der Waals surface area contributed by atoms with Crippen LogP contribution in [0.25, 0.3) is 0 Å². The molecule has 2 rings (SSSR count). The van der Waals surface area contributed by atoms with E-state index in [9.17, 15) is 4.79 Å². The lowest BCUT2D eigenvalue weighted by atomic mass is 10.1. The van der Waals surface area contributed by atoms with E-state index in [1.165, 1.54) is 0 Å². The number of nitrogens with zero attached hydrogens (tertiary/aromatic N) is 3. The van der Waals surface area contributed by atoms with Gasteiger partial charge in [-0.1, -0.05) is 0 Å². The topological polar surface area (TPSA) is 73.4 Å². The monoisotopic (exact) mass is 238 g/mol. The van der Waals surface area contributed by atoms with Gasteiger partial charge in [-0.25, -0.2) is 4.98 Å². The van der Waals surface area contributed by atoms with Crippen LogP contribution in [0.5, 0.6) is 0 Å². The summed E-state index contributed by atoms with van der Waals surface area (Å²) in [4.78, 5) is 17.9. The van der Waals surface area contributed by atoms with E-state index < -0.39 is 0 Å². The molecule has 1 aromatic rings. The molecule has 2 unspecified atom stereocenters. The Bertz CT molecular complexity index is 402. The van der Waals surface area contributed by atoms with Gasteiger partial charge in [-0.2, -0.15) is 0 Å². The molecule has 17 heavy (non-hydrogen) atoms. The number of imidazole rings is 1. The molecule has 6 nitrogen and oxygen atoms in total. The van der Waals surface area contributed by atoms with Crippen molar-refractivity contribution in [2.75, 3.05) is 19.7 Å². The maximum Gasteiger partial charge on any atom is 0.274 e. The number of hydrogen-bond donors (Lipinski definition) is 1. The van der Waals surface area contributed by atoms with Crippen molar-refractivity contribution in [1.82, 2.24) is 14.5 Å². The number of hydrogen-bond acceptors (Lipinski definition) is 4. The highest BCUT2D eigenvalue weighted by Gasteiger charge is 2.27. The highest BCUT2D eigenvalue weighted by molar-refractivity contribution is 5.92. The van der Waals surface area contributed by atoms with Crippen LogP contribution < -0.4 is 5.73 Å². The third-order valence-electron chi connectivity index (χ3n) is 2.89. The van der Waals surface area contributed by atoms with Crippen molar-refractivity contribution in [3.8, 4) is 0 Å². The standard InChI is InChI=1S/C11H18N4O2/c1-8(12)10-6-15(3-4-17-10)11(16)9-5-14(2)7-13-9/h5,7-8,10H,3-4,6,12H2,1-2H3. The van der Waals surface area contributed by atoms with Gasteiger partial charge < -0.3 is 19.9 Å². The third-order valence-corrected chi connectivity index (χ3v) is 2.89. The molecular formula is C11H18N4O2. The van der Waals surface area contributed by atoms with Crippen molar-refractivity contribution in [1.29, 1.82) is 0 Å². The first-order chi connectivity index (χ1) is 8.08. The van der Waals surface area contributed by atoms with Crippen LogP contribution in [-0.2, 0) is 11.8 Å². The van der Waals surface area contributed by atoms with Gasteiger partial charge in [0, 0.05) is 32.4 Å². The molecule has 2 atom stereocenters. The number of aromatic nitrogens is 2. The molecule has 0 radical (unpaired) electrons. The van der Waals surface area contributed by atoms with E-state index in [1.54, 1.807) is 22.0 Å². The summed E-state index contributed by atoms with van der Waals surface area (Å²) in [5, 5.41) is 0. The minimum absolute atomic E-state index is 0.0560. The fourth-order valence-electron chi connectivity index (χ4n) is 1.86. The lowest BCUT2D eigenvalue weighted by Gasteiger charge is -2.34. The number of morpholine rings is 1. The number of rotatable bonds is 2. The minimum Gasteiger partial charge on any atom is -0.373 e. The van der Waals surface area contributed by atoms with Gasteiger partial charge in [0.05, 0.1) is 19.0 Å². The van der Waals surface area contributed by atoms with Crippen molar-refractivity contribution in [3.63, 3.8) is 0 Å². The summed E-state index contributed by atoms with van der Waals surface area (Å²) >= 11 is 0. The van der Waals surface area contributed by atoms with Crippen LogP contribution in [0, 0.1) is 0 Å². The van der Waals surface area contributed by atoms with E-state index in [4.69, 9.17) is 10.5 Å². The number of carbonyl (C=O) groups excluding carboxylic acids is 1. The van der Waals surface area contributed by atoms with Gasteiger partial charge in [0.1, 0.15) is 5.69 Å². The number of aryl methyl sites for hydroxylation is 1. The molecular weight excluding hydrogens is 220 g/mol. The second-order valence-electron chi connectivity index (χ2n) is 4.44. The molecule has 1 saturated heterocycles. The molecule has 1 aromatic heterocycles. The second kappa shape index (κ2) is 4.85. The summed E-state index contributed by atoms with van der Waals surface area (Å²) in [5.41, 5.74) is 6.26. The van der Waals surface area contributed by atoms with Crippen LogP contribution in [0.2, 0.25) is 0 Å². The van der Waals surface area contributed by atoms with Crippen molar-refractivity contribution >= 4 is 5.91 Å². The Balaban J connectivity index is 2.04. The molecule has 1 amide bonds. The van der Waals surface area contributed by atoms with Crippen LogP contribution in [-0.4, -0.2) is 52.2 Å². The molecule has 1 fully saturated rings. The Morgan fingerprint density at radius 2 is 2.47 bits per heavy atom. The van der Waals surface area contributed by atoms with Crippen molar-refractivity contribution < 1.29 is 9.53 Å². The summed E-state index contributed by atoms with van der Waals surface area (Å²) < 4.78 is 7.28. The van der Waals surface area contributed by atoms with Gasteiger partial charge in [-0.3, -0.25) is 4.79 Å². The first kappa shape index (κ1) is 12.1. The highest BCUT2D eigenvalue weighted by atomic mass is 16.5. The minimum atomic E-state index is -0.0867. The summed E-state index contributed by atoms with van der Waals surface area (Å²) in [6, 6.07) is -0.0747. The average molecular weight is 238 g/mol. The molecule has 94 valence electrons. The number of carbonyl (C=O) groups is 1. The van der Waals surface area contributed by atoms with E-state index in [0.29, 0.717) is 25.4 Å². The van der Waals surface area contributed by atoms with Crippen LogP contribution in [0.15, 0.2) is 12.5 Å². The zero-order chi connectivity index (χ0) is 12.4. The third kappa shape index (κ3) is 2.65. The predicted octanol–water partition coefficient (Wildman–Crippen LogP) is -0.392. The number of ether oxygens (including phenoxy) is 1. The molecule has 1 aliphatic heterocycles. The number of amides is 1. The first-order valence-electron chi connectivity index (χ1n) is 5.72. The van der Waals surface area contributed by atoms with Crippen LogP contribution >= 0.6 is 0 Å². The molecule has 0 spiro atoms. The molecule has 1 aliphatic rings. The van der Waals surface area contributed by atoms with Crippen molar-refractivity contribution in [2.45, 2.75) is 19.1 Å². The Hall–Kier alpha value is -1.40. The molecule has 2 N–H and O–H groups in total. The number of nitrogens with two attached hydrogens (primary N) is 1. The van der Waals surface area contributed by atoms with E-state index in [0.717, 1.165) is 0 Å². The Morgan fingerprint density at radius 3 is 3.06 bits per heavy atom. The van der Waals surface area contributed by atoms with Crippen LogP contribution in [0.1, 0.15) is 17.4 Å². The zero-order valence-corrected chi connectivity index (χ0v) is 10.2. The fraction of sp³-hybridized carbons (Fsp3) is 0.636. The van der Waals surface area contributed by atoms with Crippen LogP contribution in [0.4, 0.5) is 0 Å². The van der Waals surface area contributed by atoms with E-state index in [1.807, 2.05) is 14.0 Å². The Morgan fingerprint density at radius 1 is 1.71 bits per heavy atom. The Labute approximate surface area is 100 Å². The predicted molar refractivity (Wildman–Crippen MR) is 62.5 cm³/mol. The quantitative estimate of drug-likeness (QED) is 0.761. The second-order valence-corrected chi connectivity index (χ2v) is 4.44. The molecule has 0 aliphatic carbocycles. The average Bonchev–Trinajstić information content (AvgIpc) is 2.75. The van der Waals surface area contributed by atoms with Crippen molar-refractivity contribution in [3.05, 3.63) is 18.2 Å². The summed E-state index contributed by atoms with van der Waals surface area (Å²) in [7, 11) is 1.84. The van der Waals surface area contributed by atoms with Crippen LogP contribution in [0.3, 0.4) is 0 Å². The highest BCUT2D eigenvalue weighted by Crippen LogP contribution is 2.11. The van der Waals surface area contributed by atoms with Gasteiger partial charge in [-0.15, -0.1) is 0 Å². The maximum absolute atomic E-state index is 12.1. The largest absolute Gasteiger partial charge is 0.373 e. The molecule has 2 heterocycles. The molecule has 0 saturated carbocycles. The van der Waals surface area contributed by atoms with Gasteiger partial charge in [0.15, 0.2) is 0 Å². The normalized spacial score (nSPS) is 22.5. The van der Waals surface area contributed by atoms with Gasteiger partial charge >= 0.3 is 0 Å².